The summed E-state index contributed by atoms with van der Waals surface area (Å²) in [4.78, 5) is 0. The third-order valence-electron chi connectivity index (χ3n) is 4.95. The summed E-state index contributed by atoms with van der Waals surface area (Å²) in [6.07, 6.45) is 3.38. The summed E-state index contributed by atoms with van der Waals surface area (Å²) in [6.45, 7) is 2.15. The molecule has 1 aromatic heterocycles. The van der Waals surface area contributed by atoms with Crippen LogP contribution in [-0.2, 0) is 6.42 Å². The highest BCUT2D eigenvalue weighted by Gasteiger charge is 2.22. The Balaban J connectivity index is 1.66. The molecule has 132 valence electrons. The average molecular weight is 347 g/mol. The van der Waals surface area contributed by atoms with Crippen molar-refractivity contribution in [3.8, 4) is 28.4 Å². The highest BCUT2D eigenvalue weighted by molar-refractivity contribution is 5.71. The van der Waals surface area contributed by atoms with Crippen LogP contribution in [0.2, 0.25) is 0 Å². The van der Waals surface area contributed by atoms with Gasteiger partial charge in [-0.15, -0.1) is 0 Å². The Morgan fingerprint density at radius 3 is 2.65 bits per heavy atom. The first-order chi connectivity index (χ1) is 12.9. The number of benzene rings is 2. The summed E-state index contributed by atoms with van der Waals surface area (Å²) >= 11 is 0. The van der Waals surface area contributed by atoms with Crippen molar-refractivity contribution in [2.75, 3.05) is 25.1 Å². The van der Waals surface area contributed by atoms with Crippen molar-refractivity contribution in [2.45, 2.75) is 19.3 Å². The second-order valence-corrected chi connectivity index (χ2v) is 6.67. The minimum atomic E-state index is 0.585. The van der Waals surface area contributed by atoms with Crippen LogP contribution in [0.1, 0.15) is 18.4 Å². The largest absolute Gasteiger partial charge is 0.486 e. The zero-order valence-electron chi connectivity index (χ0n) is 14.6. The van der Waals surface area contributed by atoms with Gasteiger partial charge in [0.25, 0.3) is 0 Å². The number of nitrogens with one attached hydrogen (secondary N) is 1. The van der Waals surface area contributed by atoms with E-state index >= 15 is 0 Å². The highest BCUT2D eigenvalue weighted by atomic mass is 16.6. The van der Waals surface area contributed by atoms with E-state index in [4.69, 9.17) is 14.6 Å². The maximum Gasteiger partial charge on any atom is 0.163 e. The van der Waals surface area contributed by atoms with Gasteiger partial charge in [-0.05, 0) is 31.4 Å². The van der Waals surface area contributed by atoms with E-state index in [1.807, 2.05) is 28.9 Å². The van der Waals surface area contributed by atoms with E-state index in [2.05, 4.69) is 29.6 Å². The van der Waals surface area contributed by atoms with Gasteiger partial charge in [0.05, 0.1) is 11.4 Å². The molecule has 0 saturated heterocycles. The monoisotopic (exact) mass is 347 g/mol. The minimum absolute atomic E-state index is 0.585. The van der Waals surface area contributed by atoms with Gasteiger partial charge in [0, 0.05) is 23.7 Å². The molecule has 26 heavy (non-hydrogen) atoms. The quantitative estimate of drug-likeness (QED) is 0.759. The molecule has 0 amide bonds. The van der Waals surface area contributed by atoms with Crippen molar-refractivity contribution in [1.29, 1.82) is 0 Å². The molecule has 2 aliphatic heterocycles. The van der Waals surface area contributed by atoms with Crippen LogP contribution in [0.5, 0.6) is 11.5 Å². The van der Waals surface area contributed by atoms with Gasteiger partial charge in [-0.2, -0.15) is 5.10 Å². The van der Waals surface area contributed by atoms with Crippen molar-refractivity contribution < 1.29 is 9.47 Å². The zero-order valence-corrected chi connectivity index (χ0v) is 14.6. The third kappa shape index (κ3) is 2.60. The number of hydrogen-bond donors (Lipinski definition) is 1. The Hall–Kier alpha value is -2.95. The van der Waals surface area contributed by atoms with Crippen molar-refractivity contribution in [1.82, 2.24) is 9.78 Å². The lowest BCUT2D eigenvalue weighted by atomic mass is 10.0. The maximum atomic E-state index is 5.76. The lowest BCUT2D eigenvalue weighted by molar-refractivity contribution is 0.171. The summed E-state index contributed by atoms with van der Waals surface area (Å²) in [5.41, 5.74) is 4.50. The van der Waals surface area contributed by atoms with Crippen LogP contribution in [0.25, 0.3) is 16.9 Å². The van der Waals surface area contributed by atoms with Gasteiger partial charge in [-0.25, -0.2) is 4.68 Å². The molecular formula is C21H21N3O2. The molecule has 0 spiro atoms. The Morgan fingerprint density at radius 2 is 1.77 bits per heavy atom. The van der Waals surface area contributed by atoms with Gasteiger partial charge in [0.1, 0.15) is 19.0 Å². The van der Waals surface area contributed by atoms with Crippen molar-refractivity contribution >= 4 is 5.82 Å². The van der Waals surface area contributed by atoms with Gasteiger partial charge in [0.2, 0.25) is 0 Å². The second-order valence-electron chi connectivity index (χ2n) is 6.67. The van der Waals surface area contributed by atoms with E-state index in [1.165, 1.54) is 18.4 Å². The summed E-state index contributed by atoms with van der Waals surface area (Å²) < 4.78 is 13.4. The maximum absolute atomic E-state index is 5.76. The Bertz CT molecular complexity index is 934. The Labute approximate surface area is 152 Å². The predicted molar refractivity (Wildman–Crippen MR) is 101 cm³/mol. The average Bonchev–Trinajstić information content (AvgIpc) is 2.89. The molecule has 5 rings (SSSR count). The first-order valence-electron chi connectivity index (χ1n) is 9.21. The van der Waals surface area contributed by atoms with Crippen LogP contribution >= 0.6 is 0 Å². The predicted octanol–water partition coefficient (Wildman–Crippen LogP) is 4.06. The molecule has 3 heterocycles. The number of rotatable bonds is 2. The van der Waals surface area contributed by atoms with Crippen LogP contribution in [0, 0.1) is 0 Å². The van der Waals surface area contributed by atoms with E-state index in [1.54, 1.807) is 0 Å². The summed E-state index contributed by atoms with van der Waals surface area (Å²) in [6, 6.07) is 16.5. The molecule has 3 aromatic rings. The molecule has 0 bridgehead atoms. The molecule has 5 heteroatoms. The lowest BCUT2D eigenvalue weighted by Crippen LogP contribution is -2.15. The second kappa shape index (κ2) is 6.41. The van der Waals surface area contributed by atoms with Gasteiger partial charge in [0.15, 0.2) is 11.5 Å². The van der Waals surface area contributed by atoms with E-state index in [-0.39, 0.29) is 0 Å². The van der Waals surface area contributed by atoms with Crippen molar-refractivity contribution in [2.24, 2.45) is 0 Å². The Morgan fingerprint density at radius 1 is 0.923 bits per heavy atom. The normalized spacial score (nSPS) is 15.7. The molecule has 0 aliphatic carbocycles. The number of aromatic nitrogens is 2. The molecule has 0 unspecified atom stereocenters. The molecule has 0 fully saturated rings. The molecule has 5 nitrogen and oxygen atoms in total. The molecular weight excluding hydrogens is 326 g/mol. The number of nitrogens with zero attached hydrogens (tertiary/aromatic N) is 2. The van der Waals surface area contributed by atoms with Crippen LogP contribution in [-0.4, -0.2) is 29.5 Å². The lowest BCUT2D eigenvalue weighted by Gasteiger charge is -2.19. The fraction of sp³-hybridized carbons (Fsp3) is 0.286. The van der Waals surface area contributed by atoms with Crippen molar-refractivity contribution in [3.63, 3.8) is 0 Å². The van der Waals surface area contributed by atoms with Gasteiger partial charge in [-0.3, -0.25) is 0 Å². The van der Waals surface area contributed by atoms with Crippen LogP contribution < -0.4 is 14.8 Å². The molecule has 2 aromatic carbocycles. The number of fused-ring (bicyclic) bond motifs is 2. The molecule has 0 saturated carbocycles. The zero-order chi connectivity index (χ0) is 17.3. The summed E-state index contributed by atoms with van der Waals surface area (Å²) in [5.74, 6) is 2.68. The van der Waals surface area contributed by atoms with Gasteiger partial charge in [-0.1, -0.05) is 30.3 Å². The Kier molecular flexibility index (Phi) is 3.77. The third-order valence-corrected chi connectivity index (χ3v) is 4.95. The highest BCUT2D eigenvalue weighted by Crippen LogP contribution is 2.37. The van der Waals surface area contributed by atoms with E-state index in [0.29, 0.717) is 13.2 Å². The first-order valence-corrected chi connectivity index (χ1v) is 9.21. The smallest absolute Gasteiger partial charge is 0.163 e. The fourth-order valence-electron chi connectivity index (χ4n) is 3.68. The minimum Gasteiger partial charge on any atom is -0.486 e. The number of ether oxygens (including phenoxy) is 2. The van der Waals surface area contributed by atoms with Crippen LogP contribution in [0.4, 0.5) is 5.82 Å². The standard InChI is InChI=1S/C21H21N3O2/c1-2-6-15(7-3-1)20-17-8-4-5-11-22-21(17)24(23-20)16-9-10-18-19(14-16)26-13-12-25-18/h1-3,6-7,9-10,14,22H,4-5,8,11-13H2. The summed E-state index contributed by atoms with van der Waals surface area (Å²) in [7, 11) is 0. The van der Waals surface area contributed by atoms with Crippen LogP contribution in [0.3, 0.4) is 0 Å². The molecule has 2 aliphatic rings. The number of hydrogen-bond acceptors (Lipinski definition) is 4. The number of anilines is 1. The topological polar surface area (TPSA) is 48.3 Å². The van der Waals surface area contributed by atoms with E-state index in [0.717, 1.165) is 47.2 Å². The van der Waals surface area contributed by atoms with E-state index < -0.39 is 0 Å². The van der Waals surface area contributed by atoms with E-state index in [9.17, 15) is 0 Å². The molecule has 1 N–H and O–H groups in total. The van der Waals surface area contributed by atoms with Gasteiger partial charge >= 0.3 is 0 Å². The van der Waals surface area contributed by atoms with Gasteiger partial charge < -0.3 is 14.8 Å². The SMILES string of the molecule is c1ccc(-c2nn(-c3ccc4c(c3)OCCO4)c3c2CCCCN3)cc1. The van der Waals surface area contributed by atoms with Crippen LogP contribution in [0.15, 0.2) is 48.5 Å². The molecule has 0 radical (unpaired) electrons. The summed E-state index contributed by atoms with van der Waals surface area (Å²) in [5, 5.41) is 8.57. The molecule has 0 atom stereocenters. The first kappa shape index (κ1) is 15.3. The van der Waals surface area contributed by atoms with Crippen molar-refractivity contribution in [3.05, 3.63) is 54.1 Å². The fourth-order valence-corrected chi connectivity index (χ4v) is 3.68.